The van der Waals surface area contributed by atoms with Crippen LogP contribution >= 0.6 is 0 Å². The van der Waals surface area contributed by atoms with Crippen LogP contribution in [0.2, 0.25) is 0 Å². The summed E-state index contributed by atoms with van der Waals surface area (Å²) in [5.74, 6) is -3.91. The number of esters is 2. The molecule has 30 heavy (non-hydrogen) atoms. The van der Waals surface area contributed by atoms with Gasteiger partial charge in [-0.15, -0.1) is 0 Å². The van der Waals surface area contributed by atoms with Gasteiger partial charge in [0, 0.05) is 5.92 Å². The molecule has 1 heterocycles. The van der Waals surface area contributed by atoms with E-state index in [4.69, 9.17) is 9.47 Å². The second-order valence-corrected chi connectivity index (χ2v) is 6.99. The maximum absolute atomic E-state index is 14.9. The van der Waals surface area contributed by atoms with E-state index in [-0.39, 0.29) is 17.7 Å². The Balaban J connectivity index is 2.35. The van der Waals surface area contributed by atoms with Crippen molar-refractivity contribution < 1.29 is 32.2 Å². The second kappa shape index (κ2) is 8.47. The molecule has 1 aliphatic heterocycles. The van der Waals surface area contributed by atoms with Crippen LogP contribution in [-0.2, 0) is 19.1 Å². The van der Waals surface area contributed by atoms with E-state index in [9.17, 15) is 22.8 Å². The van der Waals surface area contributed by atoms with Gasteiger partial charge in [-0.3, -0.25) is 14.9 Å². The van der Waals surface area contributed by atoms with Crippen molar-refractivity contribution in [2.24, 2.45) is 5.41 Å². The Morgan fingerprint density at radius 3 is 2.00 bits per heavy atom. The van der Waals surface area contributed by atoms with Gasteiger partial charge in [-0.2, -0.15) is 13.2 Å². The molecule has 0 spiro atoms. The first-order valence-electron chi connectivity index (χ1n) is 9.46. The number of benzene rings is 2. The van der Waals surface area contributed by atoms with Crippen LogP contribution in [0.3, 0.4) is 0 Å². The molecule has 0 aliphatic carbocycles. The molecule has 4 atom stereocenters. The van der Waals surface area contributed by atoms with Gasteiger partial charge >= 0.3 is 18.1 Å². The van der Waals surface area contributed by atoms with Gasteiger partial charge < -0.3 is 9.47 Å². The summed E-state index contributed by atoms with van der Waals surface area (Å²) in [5.41, 5.74) is -2.63. The Hall–Kier alpha value is -2.87. The molecule has 160 valence electrons. The van der Waals surface area contributed by atoms with Crippen molar-refractivity contribution in [1.82, 2.24) is 5.32 Å². The van der Waals surface area contributed by atoms with Gasteiger partial charge in [0.15, 0.2) is 5.41 Å². The van der Waals surface area contributed by atoms with E-state index in [0.29, 0.717) is 0 Å². The molecule has 1 aliphatic rings. The van der Waals surface area contributed by atoms with Crippen molar-refractivity contribution >= 4 is 11.9 Å². The second-order valence-electron chi connectivity index (χ2n) is 6.99. The van der Waals surface area contributed by atoms with Crippen molar-refractivity contribution in [3.63, 3.8) is 0 Å². The summed E-state index contributed by atoms with van der Waals surface area (Å²) in [7, 11) is 1.10. The molecule has 8 heteroatoms. The van der Waals surface area contributed by atoms with E-state index < -0.39 is 41.5 Å². The third-order valence-corrected chi connectivity index (χ3v) is 5.45. The summed E-state index contributed by atoms with van der Waals surface area (Å²) in [6.07, 6.45) is -5.03. The zero-order chi connectivity index (χ0) is 21.9. The molecular weight excluding hydrogens is 399 g/mol. The monoisotopic (exact) mass is 421 g/mol. The van der Waals surface area contributed by atoms with Crippen LogP contribution in [0.5, 0.6) is 0 Å². The minimum Gasteiger partial charge on any atom is -0.468 e. The maximum Gasteiger partial charge on any atom is 0.407 e. The summed E-state index contributed by atoms with van der Waals surface area (Å²) >= 11 is 0. The van der Waals surface area contributed by atoms with E-state index in [1.165, 1.54) is 31.2 Å². The van der Waals surface area contributed by atoms with E-state index in [1.54, 1.807) is 36.4 Å². The minimum atomic E-state index is -5.03. The van der Waals surface area contributed by atoms with Crippen LogP contribution in [0.25, 0.3) is 0 Å². The predicted octanol–water partition coefficient (Wildman–Crippen LogP) is 3.77. The quantitative estimate of drug-likeness (QED) is 0.745. The Bertz CT molecular complexity index is 888. The first-order valence-corrected chi connectivity index (χ1v) is 9.46. The summed E-state index contributed by atoms with van der Waals surface area (Å²) in [4.78, 5) is 25.7. The fraction of sp³-hybridized carbons (Fsp3) is 0.364. The number of rotatable bonds is 5. The first-order chi connectivity index (χ1) is 14.3. The molecule has 5 nitrogen and oxygen atoms in total. The van der Waals surface area contributed by atoms with Crippen LogP contribution in [-0.4, -0.2) is 37.9 Å². The van der Waals surface area contributed by atoms with Gasteiger partial charge in [0.2, 0.25) is 0 Å². The van der Waals surface area contributed by atoms with Crippen LogP contribution in [0.4, 0.5) is 13.2 Å². The van der Waals surface area contributed by atoms with Crippen molar-refractivity contribution in [3.05, 3.63) is 71.8 Å². The normalized spacial score (nSPS) is 26.2. The van der Waals surface area contributed by atoms with E-state index >= 15 is 0 Å². The third-order valence-electron chi connectivity index (χ3n) is 5.45. The lowest BCUT2D eigenvalue weighted by molar-refractivity contribution is -0.242. The third kappa shape index (κ3) is 3.45. The van der Waals surface area contributed by atoms with Gasteiger partial charge in [-0.1, -0.05) is 60.7 Å². The number of ether oxygens (including phenoxy) is 2. The number of alkyl halides is 3. The molecule has 0 aromatic heterocycles. The SMILES string of the molecule is CCOC(=O)[C@@]1(C(F)(F)F)[C@H](c2ccccc2)[C@@H](C(=O)OC)N[C@H]1c1ccccc1. The fourth-order valence-electron chi connectivity index (χ4n) is 4.25. The highest BCUT2D eigenvalue weighted by molar-refractivity contribution is 5.87. The van der Waals surface area contributed by atoms with E-state index in [1.807, 2.05) is 0 Å². The molecule has 0 amide bonds. The molecule has 2 aromatic carbocycles. The highest BCUT2D eigenvalue weighted by Gasteiger charge is 2.76. The molecular formula is C22H22F3NO4. The van der Waals surface area contributed by atoms with Gasteiger partial charge in [0.1, 0.15) is 6.04 Å². The molecule has 0 unspecified atom stereocenters. The zero-order valence-electron chi connectivity index (χ0n) is 16.5. The van der Waals surface area contributed by atoms with Gasteiger partial charge in [-0.25, -0.2) is 0 Å². The summed E-state index contributed by atoms with van der Waals surface area (Å²) in [5, 5.41) is 2.75. The lowest BCUT2D eigenvalue weighted by atomic mass is 9.66. The molecule has 1 saturated heterocycles. The van der Waals surface area contributed by atoms with Crippen molar-refractivity contribution in [2.45, 2.75) is 31.1 Å². The van der Waals surface area contributed by atoms with Crippen LogP contribution < -0.4 is 5.32 Å². The number of hydrogen-bond donors (Lipinski definition) is 1. The predicted molar refractivity (Wildman–Crippen MR) is 102 cm³/mol. The van der Waals surface area contributed by atoms with E-state index in [0.717, 1.165) is 7.11 Å². The smallest absolute Gasteiger partial charge is 0.407 e. The summed E-state index contributed by atoms with van der Waals surface area (Å²) in [6.45, 7) is 1.21. The van der Waals surface area contributed by atoms with Crippen molar-refractivity contribution in [2.75, 3.05) is 13.7 Å². The van der Waals surface area contributed by atoms with Gasteiger partial charge in [-0.05, 0) is 18.1 Å². The first kappa shape index (κ1) is 21.8. The molecule has 0 saturated carbocycles. The highest BCUT2D eigenvalue weighted by Crippen LogP contribution is 2.61. The summed E-state index contributed by atoms with van der Waals surface area (Å²) in [6, 6.07) is 12.5. The Morgan fingerprint density at radius 2 is 1.53 bits per heavy atom. The van der Waals surface area contributed by atoms with E-state index in [2.05, 4.69) is 5.32 Å². The highest BCUT2D eigenvalue weighted by atomic mass is 19.4. The van der Waals surface area contributed by atoms with Crippen molar-refractivity contribution in [1.29, 1.82) is 0 Å². The lowest BCUT2D eigenvalue weighted by Gasteiger charge is -2.39. The molecule has 1 N–H and O–H groups in total. The summed E-state index contributed by atoms with van der Waals surface area (Å²) < 4.78 is 54.5. The van der Waals surface area contributed by atoms with Crippen molar-refractivity contribution in [3.8, 4) is 0 Å². The number of carbonyl (C=O) groups excluding carboxylic acids is 2. The Kier molecular flexibility index (Phi) is 6.17. The number of hydrogen-bond acceptors (Lipinski definition) is 5. The number of nitrogens with one attached hydrogen (secondary N) is 1. The molecule has 1 fully saturated rings. The molecule has 3 rings (SSSR count). The number of halogens is 3. The molecule has 0 bridgehead atoms. The van der Waals surface area contributed by atoms with Crippen LogP contribution in [0.1, 0.15) is 30.0 Å². The molecule has 0 radical (unpaired) electrons. The Morgan fingerprint density at radius 1 is 1.00 bits per heavy atom. The standard InChI is InChI=1S/C22H22F3NO4/c1-3-30-20(28)21(22(23,24)25)16(14-10-6-4-7-11-14)17(19(27)29-2)26-18(21)15-12-8-5-9-13-15/h4-13,16-18,26H,3H2,1-2H3/t16-,17+,18+,21-/m1/s1. The van der Waals surface area contributed by atoms with Crippen LogP contribution in [0.15, 0.2) is 60.7 Å². The average Bonchev–Trinajstić information content (AvgIpc) is 3.12. The number of methoxy groups -OCH3 is 1. The largest absolute Gasteiger partial charge is 0.468 e. The molecule has 2 aromatic rings. The number of carbonyl (C=O) groups is 2. The topological polar surface area (TPSA) is 64.6 Å². The van der Waals surface area contributed by atoms with Crippen LogP contribution in [0, 0.1) is 5.41 Å². The fourth-order valence-corrected chi connectivity index (χ4v) is 4.25. The van der Waals surface area contributed by atoms with Gasteiger partial charge in [0.25, 0.3) is 0 Å². The average molecular weight is 421 g/mol. The Labute approximate surface area is 172 Å². The minimum absolute atomic E-state index is 0.184. The van der Waals surface area contributed by atoms with Gasteiger partial charge in [0.05, 0.1) is 19.8 Å². The maximum atomic E-state index is 14.9. The zero-order valence-corrected chi connectivity index (χ0v) is 16.5. The lowest BCUT2D eigenvalue weighted by Crippen LogP contribution is -2.53.